The first kappa shape index (κ1) is 16.5. The van der Waals surface area contributed by atoms with Crippen molar-refractivity contribution < 1.29 is 14.3 Å². The molecule has 2 amide bonds. The largest absolute Gasteiger partial charge is 0.493 e. The lowest BCUT2D eigenvalue weighted by Gasteiger charge is -2.32. The highest BCUT2D eigenvalue weighted by atomic mass is 32.2. The molecule has 0 radical (unpaired) electrons. The van der Waals surface area contributed by atoms with Gasteiger partial charge in [0.05, 0.1) is 19.9 Å². The quantitative estimate of drug-likeness (QED) is 0.905. The number of anilines is 2. The molecule has 1 heterocycles. The number of carbonyl (C=O) groups excluding carboxylic acids is 1. The van der Waals surface area contributed by atoms with E-state index in [9.17, 15) is 4.79 Å². The first-order valence-corrected chi connectivity index (χ1v) is 8.56. The van der Waals surface area contributed by atoms with E-state index in [0.717, 1.165) is 10.6 Å². The van der Waals surface area contributed by atoms with Gasteiger partial charge in [-0.1, -0.05) is 19.1 Å². The minimum absolute atomic E-state index is 0.151. The number of ether oxygens (including phenoxy) is 2. The number of urea groups is 1. The van der Waals surface area contributed by atoms with E-state index in [1.807, 2.05) is 24.3 Å². The van der Waals surface area contributed by atoms with Crippen molar-refractivity contribution in [1.82, 2.24) is 0 Å². The van der Waals surface area contributed by atoms with E-state index in [0.29, 0.717) is 29.0 Å². The highest BCUT2D eigenvalue weighted by Crippen LogP contribution is 2.38. The smallest absolute Gasteiger partial charge is 0.326 e. The first-order valence-electron chi connectivity index (χ1n) is 7.68. The fourth-order valence-corrected chi connectivity index (χ4v) is 3.80. The number of carbonyl (C=O) groups is 1. The number of fused-ring (bicyclic) bond motifs is 1. The second-order valence-corrected chi connectivity index (χ2v) is 6.99. The number of hydrogen-bond donors (Lipinski definition) is 1. The molecule has 0 fully saturated rings. The Morgan fingerprint density at radius 1 is 1.17 bits per heavy atom. The van der Waals surface area contributed by atoms with Gasteiger partial charge >= 0.3 is 6.03 Å². The lowest BCUT2D eigenvalue weighted by atomic mass is 10.2. The minimum Gasteiger partial charge on any atom is -0.493 e. The summed E-state index contributed by atoms with van der Waals surface area (Å²) in [5.74, 6) is 1.21. The average molecular weight is 344 g/mol. The molecule has 3 rings (SSSR count). The Balaban J connectivity index is 1.83. The molecule has 0 spiro atoms. The zero-order valence-corrected chi connectivity index (χ0v) is 14.7. The monoisotopic (exact) mass is 344 g/mol. The van der Waals surface area contributed by atoms with Crippen LogP contribution in [0.25, 0.3) is 0 Å². The number of hydrogen-bond acceptors (Lipinski definition) is 4. The van der Waals surface area contributed by atoms with E-state index in [-0.39, 0.29) is 6.03 Å². The van der Waals surface area contributed by atoms with Crippen LogP contribution in [0.2, 0.25) is 0 Å². The van der Waals surface area contributed by atoms with Gasteiger partial charge in [-0.25, -0.2) is 4.79 Å². The van der Waals surface area contributed by atoms with Gasteiger partial charge in [-0.15, -0.1) is 11.8 Å². The lowest BCUT2D eigenvalue weighted by molar-refractivity contribution is 0.256. The molecule has 24 heavy (non-hydrogen) atoms. The fourth-order valence-electron chi connectivity index (χ4n) is 2.69. The zero-order chi connectivity index (χ0) is 17.1. The van der Waals surface area contributed by atoms with Crippen LogP contribution in [0.1, 0.15) is 6.92 Å². The van der Waals surface area contributed by atoms with E-state index >= 15 is 0 Å². The Morgan fingerprint density at radius 3 is 2.67 bits per heavy atom. The summed E-state index contributed by atoms with van der Waals surface area (Å²) in [5, 5.41) is 3.28. The van der Waals surface area contributed by atoms with Crippen molar-refractivity contribution in [2.24, 2.45) is 0 Å². The summed E-state index contributed by atoms with van der Waals surface area (Å²) >= 11 is 1.79. The second-order valence-electron chi connectivity index (χ2n) is 5.51. The SMILES string of the molecule is COc1ccc(NC(=O)N2C[C@@H](C)Sc3ccccc32)cc1OC. The molecular formula is C18H20N2O3S. The standard InChI is InChI=1S/C18H20N2O3S/c1-12-11-20(14-6-4-5-7-17(14)24-12)18(21)19-13-8-9-15(22-2)16(10-13)23-3/h4-10,12H,11H2,1-3H3,(H,19,21)/t12-/m1/s1. The number of nitrogens with zero attached hydrogens (tertiary/aromatic N) is 1. The predicted octanol–water partition coefficient (Wildman–Crippen LogP) is 4.24. The van der Waals surface area contributed by atoms with Gasteiger partial charge in [-0.05, 0) is 24.3 Å². The predicted molar refractivity (Wildman–Crippen MR) is 97.7 cm³/mol. The molecule has 1 atom stereocenters. The molecule has 5 nitrogen and oxygen atoms in total. The van der Waals surface area contributed by atoms with E-state index in [1.54, 1.807) is 49.1 Å². The lowest BCUT2D eigenvalue weighted by Crippen LogP contribution is -2.41. The molecule has 0 aromatic heterocycles. The van der Waals surface area contributed by atoms with Crippen molar-refractivity contribution in [2.45, 2.75) is 17.1 Å². The third kappa shape index (κ3) is 3.28. The third-order valence-electron chi connectivity index (χ3n) is 3.80. The van der Waals surface area contributed by atoms with Crippen LogP contribution in [0.5, 0.6) is 11.5 Å². The number of rotatable bonds is 3. The van der Waals surface area contributed by atoms with Crippen molar-refractivity contribution >= 4 is 29.2 Å². The number of nitrogens with one attached hydrogen (secondary N) is 1. The van der Waals surface area contributed by atoms with E-state index < -0.39 is 0 Å². The summed E-state index contributed by atoms with van der Waals surface area (Å²) in [5.41, 5.74) is 1.61. The number of amides is 2. The molecule has 0 aliphatic carbocycles. The summed E-state index contributed by atoms with van der Waals surface area (Å²) in [6.45, 7) is 2.79. The number of para-hydroxylation sites is 1. The van der Waals surface area contributed by atoms with Gasteiger partial charge in [0.2, 0.25) is 0 Å². The molecule has 0 saturated carbocycles. The van der Waals surface area contributed by atoms with Gasteiger partial charge in [0.15, 0.2) is 11.5 Å². The maximum absolute atomic E-state index is 12.8. The van der Waals surface area contributed by atoms with Gasteiger partial charge in [0, 0.05) is 28.4 Å². The van der Waals surface area contributed by atoms with Crippen LogP contribution in [0.3, 0.4) is 0 Å². The highest BCUT2D eigenvalue weighted by molar-refractivity contribution is 8.00. The molecule has 0 unspecified atom stereocenters. The normalized spacial score (nSPS) is 16.3. The summed E-state index contributed by atoms with van der Waals surface area (Å²) < 4.78 is 10.5. The minimum atomic E-state index is -0.151. The Bertz CT molecular complexity index is 751. The summed E-state index contributed by atoms with van der Waals surface area (Å²) in [6.07, 6.45) is 0. The van der Waals surface area contributed by atoms with Gasteiger partial charge < -0.3 is 14.8 Å². The molecule has 2 aromatic rings. The number of methoxy groups -OCH3 is 2. The summed E-state index contributed by atoms with van der Waals surface area (Å²) in [6, 6.07) is 13.1. The number of thioether (sulfide) groups is 1. The molecule has 0 bridgehead atoms. The van der Waals surface area contributed by atoms with Crippen molar-refractivity contribution in [3.63, 3.8) is 0 Å². The van der Waals surface area contributed by atoms with Crippen LogP contribution in [0.15, 0.2) is 47.4 Å². The van der Waals surface area contributed by atoms with Gasteiger partial charge in [-0.3, -0.25) is 4.90 Å². The highest BCUT2D eigenvalue weighted by Gasteiger charge is 2.26. The maximum Gasteiger partial charge on any atom is 0.326 e. The maximum atomic E-state index is 12.8. The molecule has 1 N–H and O–H groups in total. The second kappa shape index (κ2) is 7.05. The van der Waals surface area contributed by atoms with Crippen molar-refractivity contribution in [1.29, 1.82) is 0 Å². The Hall–Kier alpha value is -2.34. The molecule has 1 aliphatic heterocycles. The van der Waals surface area contributed by atoms with Crippen molar-refractivity contribution in [2.75, 3.05) is 31.0 Å². The molecule has 0 saturated heterocycles. The third-order valence-corrected chi connectivity index (χ3v) is 4.95. The zero-order valence-electron chi connectivity index (χ0n) is 13.9. The van der Waals surface area contributed by atoms with Crippen LogP contribution in [0.4, 0.5) is 16.2 Å². The number of benzene rings is 2. The van der Waals surface area contributed by atoms with E-state index in [2.05, 4.69) is 12.2 Å². The van der Waals surface area contributed by atoms with Gasteiger partial charge in [0.25, 0.3) is 0 Å². The molecule has 126 valence electrons. The van der Waals surface area contributed by atoms with Gasteiger partial charge in [-0.2, -0.15) is 0 Å². The fraction of sp³-hybridized carbons (Fsp3) is 0.278. The molecule has 1 aliphatic rings. The molecular weight excluding hydrogens is 324 g/mol. The van der Waals surface area contributed by atoms with Crippen LogP contribution < -0.4 is 19.7 Å². The summed E-state index contributed by atoms with van der Waals surface area (Å²) in [7, 11) is 3.16. The van der Waals surface area contributed by atoms with Crippen LogP contribution in [-0.2, 0) is 0 Å². The van der Waals surface area contributed by atoms with Crippen LogP contribution >= 0.6 is 11.8 Å². The van der Waals surface area contributed by atoms with E-state index in [4.69, 9.17) is 9.47 Å². The van der Waals surface area contributed by atoms with Gasteiger partial charge in [0.1, 0.15) is 0 Å². The Labute approximate surface area is 145 Å². The van der Waals surface area contributed by atoms with Crippen molar-refractivity contribution in [3.8, 4) is 11.5 Å². The Morgan fingerprint density at radius 2 is 1.92 bits per heavy atom. The van der Waals surface area contributed by atoms with Crippen molar-refractivity contribution in [3.05, 3.63) is 42.5 Å². The Kier molecular flexibility index (Phi) is 4.85. The topological polar surface area (TPSA) is 50.8 Å². The summed E-state index contributed by atoms with van der Waals surface area (Å²) in [4.78, 5) is 15.7. The average Bonchev–Trinajstić information content (AvgIpc) is 2.60. The molecule has 6 heteroatoms. The first-order chi connectivity index (χ1) is 11.6. The molecule has 2 aromatic carbocycles. The van der Waals surface area contributed by atoms with E-state index in [1.165, 1.54) is 0 Å². The van der Waals surface area contributed by atoms with Crippen LogP contribution in [-0.4, -0.2) is 32.0 Å². The van der Waals surface area contributed by atoms with Crippen LogP contribution in [0, 0.1) is 0 Å².